The molecule has 0 atom stereocenters. The second-order valence-electron chi connectivity index (χ2n) is 8.03. The van der Waals surface area contributed by atoms with Crippen molar-refractivity contribution < 1.29 is 4.79 Å². The van der Waals surface area contributed by atoms with E-state index in [4.69, 9.17) is 0 Å². The molecule has 2 aromatic carbocycles. The number of rotatable bonds is 5. The third kappa shape index (κ3) is 3.68. The molecule has 1 saturated heterocycles. The summed E-state index contributed by atoms with van der Waals surface area (Å²) in [5.41, 5.74) is 2.56. The van der Waals surface area contributed by atoms with Crippen LogP contribution >= 0.6 is 11.8 Å². The molecule has 0 aliphatic carbocycles. The Kier molecular flexibility index (Phi) is 5.70. The first-order valence-corrected chi connectivity index (χ1v) is 12.0. The van der Waals surface area contributed by atoms with Crippen molar-refractivity contribution in [3.05, 3.63) is 64.4 Å². The zero-order chi connectivity index (χ0) is 22.1. The summed E-state index contributed by atoms with van der Waals surface area (Å²) in [6.07, 6.45) is 4.25. The highest BCUT2D eigenvalue weighted by Gasteiger charge is 2.21. The standard InChI is InChI=1S/C24H25N5O2S/c1-2-17-10-12-18(13-11-17)28-22(31)19-8-4-5-9-20(19)29-23(28)25-26-24(29)32-16-21(30)27-14-6-3-7-15-27/h4-5,8-13H,2-3,6-7,14-16H2,1H3. The van der Waals surface area contributed by atoms with Crippen LogP contribution in [-0.2, 0) is 11.2 Å². The molecule has 1 aliphatic heterocycles. The fourth-order valence-electron chi connectivity index (χ4n) is 4.25. The number of para-hydroxylation sites is 1. The summed E-state index contributed by atoms with van der Waals surface area (Å²) in [5.74, 6) is 0.879. The SMILES string of the molecule is CCc1ccc(-n2c(=O)c3ccccc3n3c(SCC(=O)N4CCCCC4)nnc23)cc1. The van der Waals surface area contributed by atoms with Gasteiger partial charge < -0.3 is 4.90 Å². The molecular weight excluding hydrogens is 422 g/mol. The molecule has 1 aliphatic rings. The monoisotopic (exact) mass is 447 g/mol. The minimum absolute atomic E-state index is 0.124. The number of carbonyl (C=O) groups excluding carboxylic acids is 1. The van der Waals surface area contributed by atoms with Gasteiger partial charge in [-0.15, -0.1) is 10.2 Å². The number of fused-ring (bicyclic) bond motifs is 3. The van der Waals surface area contributed by atoms with Gasteiger partial charge in [0.15, 0.2) is 5.16 Å². The number of aryl methyl sites for hydroxylation is 1. The molecule has 0 saturated carbocycles. The molecule has 0 spiro atoms. The summed E-state index contributed by atoms with van der Waals surface area (Å²) in [6, 6.07) is 15.4. The summed E-state index contributed by atoms with van der Waals surface area (Å²) in [5, 5.41) is 9.94. The van der Waals surface area contributed by atoms with Crippen molar-refractivity contribution >= 4 is 34.3 Å². The Bertz CT molecular complexity index is 1340. The third-order valence-electron chi connectivity index (χ3n) is 6.03. The summed E-state index contributed by atoms with van der Waals surface area (Å²) < 4.78 is 3.49. The molecule has 3 heterocycles. The van der Waals surface area contributed by atoms with Crippen LogP contribution < -0.4 is 5.56 Å². The Morgan fingerprint density at radius 3 is 2.50 bits per heavy atom. The first-order chi connectivity index (χ1) is 15.7. The second kappa shape index (κ2) is 8.78. The largest absolute Gasteiger partial charge is 0.342 e. The lowest BCUT2D eigenvalue weighted by molar-refractivity contribution is -0.129. The topological polar surface area (TPSA) is 72.5 Å². The molecule has 5 rings (SSSR count). The predicted molar refractivity (Wildman–Crippen MR) is 127 cm³/mol. The number of carbonyl (C=O) groups is 1. The second-order valence-corrected chi connectivity index (χ2v) is 8.97. The van der Waals surface area contributed by atoms with Crippen LogP contribution in [0.25, 0.3) is 22.4 Å². The number of piperidine rings is 1. The fraction of sp³-hybridized carbons (Fsp3) is 0.333. The molecule has 0 unspecified atom stereocenters. The molecule has 4 aromatic rings. The lowest BCUT2D eigenvalue weighted by Crippen LogP contribution is -2.36. The van der Waals surface area contributed by atoms with Gasteiger partial charge >= 0.3 is 0 Å². The molecule has 0 radical (unpaired) electrons. The van der Waals surface area contributed by atoms with Crippen LogP contribution in [0.3, 0.4) is 0 Å². The van der Waals surface area contributed by atoms with Gasteiger partial charge in [0.05, 0.1) is 22.3 Å². The third-order valence-corrected chi connectivity index (χ3v) is 6.94. The molecule has 8 heteroatoms. The molecule has 164 valence electrons. The average Bonchev–Trinajstić information content (AvgIpc) is 3.27. The quantitative estimate of drug-likeness (QED) is 0.436. The van der Waals surface area contributed by atoms with Gasteiger partial charge in [-0.1, -0.05) is 43.0 Å². The maximum Gasteiger partial charge on any atom is 0.267 e. The summed E-state index contributed by atoms with van der Waals surface area (Å²) in [6.45, 7) is 3.76. The number of amides is 1. The molecule has 0 bridgehead atoms. The van der Waals surface area contributed by atoms with Crippen LogP contribution in [0.15, 0.2) is 58.5 Å². The normalized spacial score (nSPS) is 14.3. The van der Waals surface area contributed by atoms with Crippen molar-refractivity contribution in [2.24, 2.45) is 0 Å². The zero-order valence-corrected chi connectivity index (χ0v) is 18.8. The van der Waals surface area contributed by atoms with E-state index in [1.165, 1.54) is 23.7 Å². The number of hydrogen-bond donors (Lipinski definition) is 0. The summed E-state index contributed by atoms with van der Waals surface area (Å²) in [4.78, 5) is 28.0. The Balaban J connectivity index is 1.59. The maximum absolute atomic E-state index is 13.4. The molecule has 1 amide bonds. The van der Waals surface area contributed by atoms with E-state index in [-0.39, 0.29) is 11.5 Å². The number of likely N-dealkylation sites (tertiary alicyclic amines) is 1. The van der Waals surface area contributed by atoms with Crippen LogP contribution in [-0.4, -0.2) is 48.8 Å². The Morgan fingerprint density at radius 1 is 1.00 bits per heavy atom. The highest BCUT2D eigenvalue weighted by atomic mass is 32.2. The van der Waals surface area contributed by atoms with Gasteiger partial charge in [0.1, 0.15) is 0 Å². The lowest BCUT2D eigenvalue weighted by Gasteiger charge is -2.26. The van der Waals surface area contributed by atoms with Crippen molar-refractivity contribution in [3.63, 3.8) is 0 Å². The smallest absolute Gasteiger partial charge is 0.267 e. The minimum Gasteiger partial charge on any atom is -0.342 e. The highest BCUT2D eigenvalue weighted by Crippen LogP contribution is 2.24. The van der Waals surface area contributed by atoms with E-state index in [1.54, 1.807) is 4.57 Å². The predicted octanol–water partition coefficient (Wildman–Crippen LogP) is 3.70. The molecule has 0 N–H and O–H groups in total. The van der Waals surface area contributed by atoms with Crippen molar-refractivity contribution in [1.29, 1.82) is 0 Å². The first-order valence-electron chi connectivity index (χ1n) is 11.1. The molecule has 2 aromatic heterocycles. The summed E-state index contributed by atoms with van der Waals surface area (Å²) in [7, 11) is 0. The first kappa shape index (κ1) is 20.8. The highest BCUT2D eigenvalue weighted by molar-refractivity contribution is 7.99. The Morgan fingerprint density at radius 2 is 1.75 bits per heavy atom. The number of hydrogen-bond acceptors (Lipinski definition) is 5. The van der Waals surface area contributed by atoms with E-state index in [9.17, 15) is 9.59 Å². The van der Waals surface area contributed by atoms with Crippen LogP contribution in [0.4, 0.5) is 0 Å². The van der Waals surface area contributed by atoms with Gasteiger partial charge in [0.2, 0.25) is 11.7 Å². The number of nitrogens with zero attached hydrogens (tertiary/aromatic N) is 5. The fourth-order valence-corrected chi connectivity index (χ4v) is 5.09. The van der Waals surface area contributed by atoms with E-state index in [0.717, 1.165) is 43.6 Å². The summed E-state index contributed by atoms with van der Waals surface area (Å²) >= 11 is 1.37. The molecular formula is C24H25N5O2S. The minimum atomic E-state index is -0.134. The van der Waals surface area contributed by atoms with Crippen molar-refractivity contribution in [3.8, 4) is 5.69 Å². The van der Waals surface area contributed by atoms with Gasteiger partial charge in [0, 0.05) is 13.1 Å². The van der Waals surface area contributed by atoms with Crippen LogP contribution in [0, 0.1) is 0 Å². The number of thioether (sulfide) groups is 1. The van der Waals surface area contributed by atoms with Gasteiger partial charge in [-0.05, 0) is 55.5 Å². The number of aromatic nitrogens is 4. The van der Waals surface area contributed by atoms with Crippen LogP contribution in [0.2, 0.25) is 0 Å². The zero-order valence-electron chi connectivity index (χ0n) is 18.0. The Hall–Kier alpha value is -3.13. The Labute approximate surface area is 190 Å². The van der Waals surface area contributed by atoms with Crippen molar-refractivity contribution in [2.75, 3.05) is 18.8 Å². The van der Waals surface area contributed by atoms with Gasteiger partial charge in [0.25, 0.3) is 5.56 Å². The van der Waals surface area contributed by atoms with E-state index in [2.05, 4.69) is 17.1 Å². The number of benzene rings is 2. The van der Waals surface area contributed by atoms with Gasteiger partial charge in [-0.25, -0.2) is 4.57 Å². The van der Waals surface area contributed by atoms with E-state index in [1.807, 2.05) is 57.8 Å². The molecule has 7 nitrogen and oxygen atoms in total. The van der Waals surface area contributed by atoms with Gasteiger partial charge in [-0.3, -0.25) is 14.0 Å². The van der Waals surface area contributed by atoms with Crippen molar-refractivity contribution in [2.45, 2.75) is 37.8 Å². The molecule has 32 heavy (non-hydrogen) atoms. The van der Waals surface area contributed by atoms with E-state index < -0.39 is 0 Å². The van der Waals surface area contributed by atoms with E-state index in [0.29, 0.717) is 22.1 Å². The molecule has 1 fully saturated rings. The maximum atomic E-state index is 13.4. The average molecular weight is 448 g/mol. The van der Waals surface area contributed by atoms with Crippen molar-refractivity contribution in [1.82, 2.24) is 24.1 Å². The van der Waals surface area contributed by atoms with Crippen LogP contribution in [0.1, 0.15) is 31.7 Å². The lowest BCUT2D eigenvalue weighted by atomic mass is 10.1. The van der Waals surface area contributed by atoms with Gasteiger partial charge in [-0.2, -0.15) is 0 Å². The van der Waals surface area contributed by atoms with E-state index >= 15 is 0 Å². The van der Waals surface area contributed by atoms with Crippen LogP contribution in [0.5, 0.6) is 0 Å².